The Labute approximate surface area is 121 Å². The number of aryl methyl sites for hydroxylation is 2. The van der Waals surface area contributed by atoms with Crippen LogP contribution >= 0.6 is 0 Å². The lowest BCUT2D eigenvalue weighted by molar-refractivity contribution is 0.285. The van der Waals surface area contributed by atoms with Gasteiger partial charge in [0.25, 0.3) is 0 Å². The van der Waals surface area contributed by atoms with Crippen molar-refractivity contribution in [1.29, 1.82) is 0 Å². The van der Waals surface area contributed by atoms with E-state index in [9.17, 15) is 5.11 Å². The largest absolute Gasteiger partial charge is 0.489 e. The Balaban J connectivity index is 2.09. The van der Waals surface area contributed by atoms with E-state index in [2.05, 4.69) is 26.0 Å². The molecule has 0 saturated carbocycles. The van der Waals surface area contributed by atoms with Gasteiger partial charge >= 0.3 is 0 Å². The van der Waals surface area contributed by atoms with E-state index in [0.717, 1.165) is 22.4 Å². The van der Waals surface area contributed by atoms with Crippen LogP contribution in [0.2, 0.25) is 0 Å². The second-order valence-corrected chi connectivity index (χ2v) is 5.58. The number of hydrogen-bond acceptors (Lipinski definition) is 1. The number of hydrogen-bond donors (Lipinski definition) is 0. The molecule has 2 nitrogen and oxygen atoms in total. The third kappa shape index (κ3) is 3.32. The zero-order chi connectivity index (χ0) is 14.7. The summed E-state index contributed by atoms with van der Waals surface area (Å²) in [6, 6.07) is 11.9. The first-order valence-electron chi connectivity index (χ1n) is 6.97. The van der Waals surface area contributed by atoms with Gasteiger partial charge in [-0.1, -0.05) is 37.6 Å². The maximum absolute atomic E-state index is 12.0. The highest BCUT2D eigenvalue weighted by atomic mass is 16.5. The molecule has 0 heterocycles. The summed E-state index contributed by atoms with van der Waals surface area (Å²) >= 11 is 0. The monoisotopic (exact) mass is 269 g/mol. The van der Waals surface area contributed by atoms with Crippen molar-refractivity contribution < 1.29 is 9.84 Å². The predicted molar refractivity (Wildman–Crippen MR) is 80.9 cm³/mol. The average molecular weight is 269 g/mol. The predicted octanol–water partition coefficient (Wildman–Crippen LogP) is 5.15. The van der Waals surface area contributed by atoms with E-state index in [-0.39, 0.29) is 5.75 Å². The summed E-state index contributed by atoms with van der Waals surface area (Å²) in [5.41, 5.74) is 3.87. The fourth-order valence-corrected chi connectivity index (χ4v) is 2.26. The second kappa shape index (κ2) is 6.00. The Bertz CT molecular complexity index is 583. The number of rotatable bonds is 4. The van der Waals surface area contributed by atoms with Gasteiger partial charge < -0.3 is 4.74 Å². The average Bonchev–Trinajstić information content (AvgIpc) is 2.41. The van der Waals surface area contributed by atoms with Crippen molar-refractivity contribution in [2.24, 2.45) is 0 Å². The lowest BCUT2D eigenvalue weighted by Gasteiger charge is -2.10. The first-order valence-corrected chi connectivity index (χ1v) is 6.97. The maximum atomic E-state index is 12.0. The number of ether oxygens (including phenoxy) is 1. The summed E-state index contributed by atoms with van der Waals surface area (Å²) in [4.78, 5) is 0. The molecule has 0 aliphatic heterocycles. The molecule has 0 spiro atoms. The lowest BCUT2D eigenvalue weighted by atomic mass is 10.0. The number of benzene rings is 2. The fraction of sp³-hybridized carbons (Fsp3) is 0.333. The van der Waals surface area contributed by atoms with Crippen LogP contribution in [0.4, 0.5) is 0 Å². The van der Waals surface area contributed by atoms with Crippen LogP contribution < -0.4 is 4.74 Å². The van der Waals surface area contributed by atoms with Crippen LogP contribution in [0.15, 0.2) is 36.4 Å². The molecule has 2 heteroatoms. The molecule has 0 saturated heterocycles. The van der Waals surface area contributed by atoms with Gasteiger partial charge in [-0.15, -0.1) is 0 Å². The molecule has 20 heavy (non-hydrogen) atoms. The van der Waals surface area contributed by atoms with Gasteiger partial charge in [-0.05, 0) is 49.1 Å². The van der Waals surface area contributed by atoms with Crippen LogP contribution in [0.5, 0.6) is 11.5 Å². The van der Waals surface area contributed by atoms with Gasteiger partial charge in [0.2, 0.25) is 0 Å². The highest BCUT2D eigenvalue weighted by Gasteiger charge is 2.08. The molecule has 2 aromatic rings. The van der Waals surface area contributed by atoms with Crippen molar-refractivity contribution in [2.75, 3.05) is 0 Å². The van der Waals surface area contributed by atoms with Gasteiger partial charge in [0.1, 0.15) is 12.4 Å². The van der Waals surface area contributed by atoms with Crippen LogP contribution in [-0.4, -0.2) is 0 Å². The van der Waals surface area contributed by atoms with Gasteiger partial charge in [-0.25, -0.2) is 0 Å². The fourth-order valence-electron chi connectivity index (χ4n) is 2.26. The van der Waals surface area contributed by atoms with E-state index >= 15 is 0 Å². The molecule has 0 aliphatic rings. The quantitative estimate of drug-likeness (QED) is 0.754. The Morgan fingerprint density at radius 2 is 1.70 bits per heavy atom. The summed E-state index contributed by atoms with van der Waals surface area (Å²) in [7, 11) is 0. The van der Waals surface area contributed by atoms with Crippen LogP contribution in [0.3, 0.4) is 0 Å². The zero-order valence-electron chi connectivity index (χ0n) is 12.6. The second-order valence-electron chi connectivity index (χ2n) is 5.58. The van der Waals surface area contributed by atoms with E-state index in [1.807, 2.05) is 38.1 Å². The van der Waals surface area contributed by atoms with Gasteiger partial charge in [-0.2, -0.15) is 0 Å². The van der Waals surface area contributed by atoms with Crippen molar-refractivity contribution >= 4 is 0 Å². The van der Waals surface area contributed by atoms with Gasteiger partial charge in [-0.3, -0.25) is 5.11 Å². The standard InChI is InChI=1S/C18H21O2/c1-12(2)15-5-7-17(8-6-15)20-11-16-10-13(3)9-14(4)18(16)19/h5-10,12H,11H2,1-4H3. The smallest absolute Gasteiger partial charge is 0.188 e. The van der Waals surface area contributed by atoms with Crippen LogP contribution in [-0.2, 0) is 11.7 Å². The molecule has 0 fully saturated rings. The van der Waals surface area contributed by atoms with Gasteiger partial charge in [0, 0.05) is 5.56 Å². The molecule has 0 bridgehead atoms. The van der Waals surface area contributed by atoms with Gasteiger partial charge in [0.05, 0.1) is 0 Å². The Morgan fingerprint density at radius 1 is 1.05 bits per heavy atom. The molecule has 2 aromatic carbocycles. The molecule has 2 rings (SSSR count). The van der Waals surface area contributed by atoms with Crippen LogP contribution in [0.25, 0.3) is 0 Å². The molecule has 1 radical (unpaired) electrons. The molecule has 0 unspecified atom stereocenters. The molecular weight excluding hydrogens is 248 g/mol. The molecule has 0 atom stereocenters. The Hall–Kier alpha value is -1.96. The third-order valence-corrected chi connectivity index (χ3v) is 3.44. The molecule has 105 valence electrons. The Kier molecular flexibility index (Phi) is 4.33. The highest BCUT2D eigenvalue weighted by Crippen LogP contribution is 2.26. The van der Waals surface area contributed by atoms with E-state index in [1.54, 1.807) is 0 Å². The molecule has 0 N–H and O–H groups in total. The summed E-state index contributed by atoms with van der Waals surface area (Å²) in [6.45, 7) is 8.48. The van der Waals surface area contributed by atoms with E-state index in [4.69, 9.17) is 4.74 Å². The topological polar surface area (TPSA) is 29.1 Å². The van der Waals surface area contributed by atoms with Crippen molar-refractivity contribution in [1.82, 2.24) is 0 Å². The minimum Gasteiger partial charge on any atom is -0.489 e. The minimum atomic E-state index is 0.0781. The molecule has 0 aromatic heterocycles. The van der Waals surface area contributed by atoms with Crippen molar-refractivity contribution in [3.05, 3.63) is 58.7 Å². The maximum Gasteiger partial charge on any atom is 0.188 e. The SMILES string of the molecule is Cc1cc(C)c([O])c(COc2ccc(C(C)C)cc2)c1. The molecule has 0 amide bonds. The van der Waals surface area contributed by atoms with E-state index in [0.29, 0.717) is 12.5 Å². The normalized spacial score (nSPS) is 10.8. The molecular formula is C18H21O2. The zero-order valence-corrected chi connectivity index (χ0v) is 12.6. The summed E-state index contributed by atoms with van der Waals surface area (Å²) < 4.78 is 5.72. The third-order valence-electron chi connectivity index (χ3n) is 3.44. The lowest BCUT2D eigenvalue weighted by Crippen LogP contribution is -1.98. The first kappa shape index (κ1) is 14.4. The first-order chi connectivity index (χ1) is 9.47. The van der Waals surface area contributed by atoms with Crippen LogP contribution in [0.1, 0.15) is 42.0 Å². The molecule has 0 aliphatic carbocycles. The summed E-state index contributed by atoms with van der Waals surface area (Å²) in [6.07, 6.45) is 0. The highest BCUT2D eigenvalue weighted by molar-refractivity contribution is 5.42. The van der Waals surface area contributed by atoms with Crippen LogP contribution in [0, 0.1) is 13.8 Å². The van der Waals surface area contributed by atoms with Crippen molar-refractivity contribution in [3.8, 4) is 11.5 Å². The summed E-state index contributed by atoms with van der Waals surface area (Å²) in [5.74, 6) is 1.39. The summed E-state index contributed by atoms with van der Waals surface area (Å²) in [5, 5.41) is 12.0. The minimum absolute atomic E-state index is 0.0781. The van der Waals surface area contributed by atoms with E-state index in [1.165, 1.54) is 5.56 Å². The van der Waals surface area contributed by atoms with Gasteiger partial charge in [0.15, 0.2) is 5.75 Å². The van der Waals surface area contributed by atoms with Crippen molar-refractivity contribution in [2.45, 2.75) is 40.2 Å². The van der Waals surface area contributed by atoms with Crippen molar-refractivity contribution in [3.63, 3.8) is 0 Å². The van der Waals surface area contributed by atoms with E-state index < -0.39 is 0 Å². The Morgan fingerprint density at radius 3 is 2.30 bits per heavy atom.